The smallest absolute Gasteiger partial charge is 0.0783 e. The topological polar surface area (TPSA) is 12.9 Å². The van der Waals surface area contributed by atoms with E-state index in [9.17, 15) is 0 Å². The Labute approximate surface area is 171 Å². The molecule has 0 N–H and O–H groups in total. The molecule has 0 spiro atoms. The van der Waals surface area contributed by atoms with E-state index in [4.69, 9.17) is 4.98 Å². The molecule has 0 bridgehead atoms. The molecule has 5 rings (SSSR count). The van der Waals surface area contributed by atoms with Gasteiger partial charge < -0.3 is 0 Å². The minimum atomic E-state index is 0.316. The minimum Gasteiger partial charge on any atom is -0.255 e. The normalized spacial score (nSPS) is 11.4. The van der Waals surface area contributed by atoms with Crippen molar-refractivity contribution < 1.29 is 0 Å². The number of rotatable bonds is 4. The van der Waals surface area contributed by atoms with Gasteiger partial charge in [0.2, 0.25) is 0 Å². The van der Waals surface area contributed by atoms with Crippen LogP contribution in [0, 0.1) is 6.92 Å². The summed E-state index contributed by atoms with van der Waals surface area (Å²) in [5.74, 6) is 0.316. The molecule has 4 aromatic carbocycles. The molecule has 0 atom stereocenters. The maximum absolute atomic E-state index is 4.91. The third-order valence-electron chi connectivity index (χ3n) is 5.96. The zero-order chi connectivity index (χ0) is 19.6. The first-order valence-corrected chi connectivity index (χ1v) is 10.2. The van der Waals surface area contributed by atoms with E-state index in [1.165, 1.54) is 38.4 Å². The van der Waals surface area contributed by atoms with Gasteiger partial charge in [0.25, 0.3) is 0 Å². The van der Waals surface area contributed by atoms with Crippen LogP contribution in [0.1, 0.15) is 28.2 Å². The lowest BCUT2D eigenvalue weighted by molar-refractivity contribution is 0.798. The summed E-state index contributed by atoms with van der Waals surface area (Å²) >= 11 is 0. The third-order valence-corrected chi connectivity index (χ3v) is 5.96. The predicted molar refractivity (Wildman–Crippen MR) is 122 cm³/mol. The lowest BCUT2D eigenvalue weighted by atomic mass is 9.85. The number of benzene rings is 4. The molecule has 29 heavy (non-hydrogen) atoms. The van der Waals surface area contributed by atoms with Crippen LogP contribution in [-0.2, 0) is 6.42 Å². The predicted octanol–water partition coefficient (Wildman–Crippen LogP) is 7.07. The number of pyridine rings is 1. The van der Waals surface area contributed by atoms with Crippen LogP contribution in [0.2, 0.25) is 0 Å². The summed E-state index contributed by atoms with van der Waals surface area (Å²) in [4.78, 5) is 4.91. The molecule has 0 unspecified atom stereocenters. The highest BCUT2D eigenvalue weighted by Crippen LogP contribution is 2.32. The standard InChI is InChI=1S/C28H23N/c1-20-24(19-29-28-25(20)17-16-23-14-8-9-15-26(23)28)18-27(21-10-4-2-5-11-21)22-12-6-3-7-13-22/h2-17,19,27H,18H2,1H3. The largest absolute Gasteiger partial charge is 0.255 e. The zero-order valence-corrected chi connectivity index (χ0v) is 16.5. The highest BCUT2D eigenvalue weighted by Gasteiger charge is 2.17. The second kappa shape index (κ2) is 7.52. The molecule has 0 saturated heterocycles. The van der Waals surface area contributed by atoms with E-state index in [1.54, 1.807) is 0 Å². The van der Waals surface area contributed by atoms with Crippen LogP contribution in [0.3, 0.4) is 0 Å². The molecule has 0 aliphatic rings. The van der Waals surface area contributed by atoms with E-state index >= 15 is 0 Å². The van der Waals surface area contributed by atoms with Crippen molar-refractivity contribution in [3.8, 4) is 0 Å². The molecule has 1 heteroatoms. The minimum absolute atomic E-state index is 0.316. The fraction of sp³-hybridized carbons (Fsp3) is 0.107. The summed E-state index contributed by atoms with van der Waals surface area (Å²) in [5.41, 5.74) is 6.43. The van der Waals surface area contributed by atoms with Gasteiger partial charge in [-0.2, -0.15) is 0 Å². The van der Waals surface area contributed by atoms with Crippen molar-refractivity contribution in [1.29, 1.82) is 0 Å². The Kier molecular flexibility index (Phi) is 4.57. The van der Waals surface area contributed by atoms with Gasteiger partial charge in [-0.1, -0.05) is 97.1 Å². The van der Waals surface area contributed by atoms with Gasteiger partial charge in [0.15, 0.2) is 0 Å². The van der Waals surface area contributed by atoms with Crippen LogP contribution in [0.15, 0.2) is 103 Å². The Balaban J connectivity index is 1.62. The van der Waals surface area contributed by atoms with Gasteiger partial charge in [0.05, 0.1) is 5.52 Å². The molecule has 0 aliphatic carbocycles. The Bertz CT molecular complexity index is 1230. The highest BCUT2D eigenvalue weighted by atomic mass is 14.7. The molecule has 0 fully saturated rings. The van der Waals surface area contributed by atoms with E-state index in [1.807, 2.05) is 0 Å². The van der Waals surface area contributed by atoms with E-state index in [0.717, 1.165) is 11.9 Å². The molecule has 1 aromatic heterocycles. The van der Waals surface area contributed by atoms with E-state index in [2.05, 4.69) is 110 Å². The highest BCUT2D eigenvalue weighted by molar-refractivity contribution is 6.06. The second-order valence-corrected chi connectivity index (χ2v) is 7.67. The fourth-order valence-electron chi connectivity index (χ4n) is 4.33. The van der Waals surface area contributed by atoms with Crippen LogP contribution in [0.5, 0.6) is 0 Å². The lowest BCUT2D eigenvalue weighted by Crippen LogP contribution is -2.07. The van der Waals surface area contributed by atoms with Crippen LogP contribution in [0.4, 0.5) is 0 Å². The SMILES string of the molecule is Cc1c(CC(c2ccccc2)c2ccccc2)cnc2c1ccc1ccccc12. The summed E-state index contributed by atoms with van der Waals surface area (Å²) < 4.78 is 0. The van der Waals surface area contributed by atoms with Crippen molar-refractivity contribution in [3.63, 3.8) is 0 Å². The molecule has 140 valence electrons. The lowest BCUT2D eigenvalue weighted by Gasteiger charge is -2.20. The van der Waals surface area contributed by atoms with Crippen molar-refractivity contribution in [2.45, 2.75) is 19.3 Å². The second-order valence-electron chi connectivity index (χ2n) is 7.67. The quantitative estimate of drug-likeness (QED) is 0.307. The first kappa shape index (κ1) is 17.6. The number of nitrogens with zero attached hydrogens (tertiary/aromatic N) is 1. The molecule has 0 radical (unpaired) electrons. The molecule has 0 saturated carbocycles. The molecule has 5 aromatic rings. The Morgan fingerprint density at radius 2 is 1.28 bits per heavy atom. The molecule has 0 amide bonds. The Hall–Kier alpha value is -3.45. The van der Waals surface area contributed by atoms with E-state index in [0.29, 0.717) is 5.92 Å². The van der Waals surface area contributed by atoms with Crippen molar-refractivity contribution in [2.24, 2.45) is 0 Å². The van der Waals surface area contributed by atoms with E-state index < -0.39 is 0 Å². The first-order chi connectivity index (χ1) is 14.3. The van der Waals surface area contributed by atoms with Gasteiger partial charge in [-0.25, -0.2) is 0 Å². The Morgan fingerprint density at radius 1 is 0.655 bits per heavy atom. The van der Waals surface area contributed by atoms with Gasteiger partial charge in [-0.3, -0.25) is 4.98 Å². The maximum atomic E-state index is 4.91. The summed E-state index contributed by atoms with van der Waals surface area (Å²) in [6.07, 6.45) is 3.03. The maximum Gasteiger partial charge on any atom is 0.0783 e. The summed E-state index contributed by atoms with van der Waals surface area (Å²) in [6, 6.07) is 34.5. The molecule has 1 nitrogen and oxygen atoms in total. The van der Waals surface area contributed by atoms with E-state index in [-0.39, 0.29) is 0 Å². The van der Waals surface area contributed by atoms with Crippen LogP contribution >= 0.6 is 0 Å². The summed E-state index contributed by atoms with van der Waals surface area (Å²) in [6.45, 7) is 2.24. The third kappa shape index (κ3) is 3.30. The van der Waals surface area contributed by atoms with Crippen molar-refractivity contribution in [1.82, 2.24) is 4.98 Å². The first-order valence-electron chi connectivity index (χ1n) is 10.2. The number of fused-ring (bicyclic) bond motifs is 3. The van der Waals surface area contributed by atoms with Crippen LogP contribution < -0.4 is 0 Å². The van der Waals surface area contributed by atoms with Gasteiger partial charge in [0, 0.05) is 22.9 Å². The molecular weight excluding hydrogens is 350 g/mol. The average Bonchev–Trinajstić information content (AvgIpc) is 2.79. The number of hydrogen-bond donors (Lipinski definition) is 0. The summed E-state index contributed by atoms with van der Waals surface area (Å²) in [7, 11) is 0. The van der Waals surface area contributed by atoms with Crippen LogP contribution in [-0.4, -0.2) is 4.98 Å². The van der Waals surface area contributed by atoms with Gasteiger partial charge in [-0.05, 0) is 41.0 Å². The van der Waals surface area contributed by atoms with Crippen LogP contribution in [0.25, 0.3) is 21.7 Å². The summed E-state index contributed by atoms with van der Waals surface area (Å²) in [5, 5.41) is 3.72. The monoisotopic (exact) mass is 373 g/mol. The number of hydrogen-bond acceptors (Lipinski definition) is 1. The number of aryl methyl sites for hydroxylation is 1. The Morgan fingerprint density at radius 3 is 1.97 bits per heavy atom. The molecular formula is C28H23N. The zero-order valence-electron chi connectivity index (χ0n) is 16.5. The van der Waals surface area contributed by atoms with Gasteiger partial charge >= 0.3 is 0 Å². The van der Waals surface area contributed by atoms with Gasteiger partial charge in [0.1, 0.15) is 0 Å². The number of aromatic nitrogens is 1. The average molecular weight is 373 g/mol. The van der Waals surface area contributed by atoms with Crippen molar-refractivity contribution in [2.75, 3.05) is 0 Å². The molecule has 1 heterocycles. The fourth-order valence-corrected chi connectivity index (χ4v) is 4.33. The van der Waals surface area contributed by atoms with Crippen molar-refractivity contribution >= 4 is 21.7 Å². The van der Waals surface area contributed by atoms with Gasteiger partial charge in [-0.15, -0.1) is 0 Å². The molecule has 0 aliphatic heterocycles. The van der Waals surface area contributed by atoms with Crippen molar-refractivity contribution in [3.05, 3.63) is 126 Å².